The number of ether oxygens (including phenoxy) is 3. The first-order valence-corrected chi connectivity index (χ1v) is 9.56. The minimum Gasteiger partial charge on any atom is -0.444 e. The van der Waals surface area contributed by atoms with E-state index < -0.39 is 38.8 Å². The Morgan fingerprint density at radius 3 is 2.36 bits per heavy atom. The number of hydrogen-bond acceptors (Lipinski definition) is 6. The molecule has 2 atom stereocenters. The third kappa shape index (κ3) is 5.17. The van der Waals surface area contributed by atoms with E-state index in [0.717, 1.165) is 0 Å². The summed E-state index contributed by atoms with van der Waals surface area (Å²) in [5.41, 5.74) is -0.753. The van der Waals surface area contributed by atoms with Gasteiger partial charge in [-0.2, -0.15) is 0 Å². The lowest BCUT2D eigenvalue weighted by molar-refractivity contribution is -0.139. The van der Waals surface area contributed by atoms with E-state index in [4.69, 9.17) is 14.2 Å². The average molecular weight is 371 g/mol. The van der Waals surface area contributed by atoms with Gasteiger partial charge in [0.2, 0.25) is 9.84 Å². The Morgan fingerprint density at radius 1 is 1.28 bits per heavy atom. The molecule has 1 aliphatic heterocycles. The fourth-order valence-electron chi connectivity index (χ4n) is 2.42. The zero-order valence-corrected chi connectivity index (χ0v) is 15.9. The molecule has 1 amide bonds. The van der Waals surface area contributed by atoms with Crippen molar-refractivity contribution in [1.29, 1.82) is 0 Å². The maximum absolute atomic E-state index is 13.0. The Kier molecular flexibility index (Phi) is 5.46. The molecule has 0 saturated carbocycles. The summed E-state index contributed by atoms with van der Waals surface area (Å²) in [4.78, 5) is 12.3. The van der Waals surface area contributed by atoms with Crippen LogP contribution in [0, 0.1) is 0 Å². The molecule has 1 N–H and O–H groups in total. The second kappa shape index (κ2) is 6.93. The third-order valence-corrected chi connectivity index (χ3v) is 5.45. The fourth-order valence-corrected chi connectivity index (χ4v) is 4.03. The average Bonchev–Trinajstić information content (AvgIpc) is 2.83. The number of carbonyl (C=O) groups excluding carboxylic acids is 1. The van der Waals surface area contributed by atoms with E-state index in [-0.39, 0.29) is 11.5 Å². The number of alkyl carbamates (subject to hydrolysis) is 1. The third-order valence-electron chi connectivity index (χ3n) is 3.43. The zero-order valence-electron chi connectivity index (χ0n) is 15.1. The molecule has 2 unspecified atom stereocenters. The number of rotatable bonds is 4. The molecule has 1 saturated heterocycles. The first-order chi connectivity index (χ1) is 11.4. The van der Waals surface area contributed by atoms with E-state index in [1.54, 1.807) is 52.8 Å². The molecule has 1 aromatic rings. The topological polar surface area (TPSA) is 90.9 Å². The van der Waals surface area contributed by atoms with E-state index in [1.165, 1.54) is 12.1 Å². The van der Waals surface area contributed by atoms with Gasteiger partial charge in [-0.05, 0) is 46.8 Å². The highest BCUT2D eigenvalue weighted by molar-refractivity contribution is 7.92. The van der Waals surface area contributed by atoms with Crippen LogP contribution in [0.5, 0.6) is 0 Å². The molecule has 2 rings (SSSR count). The molecule has 0 aromatic heterocycles. The number of sulfone groups is 1. The van der Waals surface area contributed by atoms with E-state index >= 15 is 0 Å². The van der Waals surface area contributed by atoms with Crippen molar-refractivity contribution in [2.45, 2.75) is 62.4 Å². The second-order valence-corrected chi connectivity index (χ2v) is 9.36. The van der Waals surface area contributed by atoms with Crippen molar-refractivity contribution in [1.82, 2.24) is 5.32 Å². The van der Waals surface area contributed by atoms with Crippen LogP contribution in [0.25, 0.3) is 0 Å². The molecule has 25 heavy (non-hydrogen) atoms. The number of carbonyl (C=O) groups is 1. The molecule has 7 nitrogen and oxygen atoms in total. The summed E-state index contributed by atoms with van der Waals surface area (Å²) in [6, 6.07) is 7.90. The van der Waals surface area contributed by atoms with Gasteiger partial charge in [-0.3, -0.25) is 0 Å². The minimum absolute atomic E-state index is 0.0412. The Hall–Kier alpha value is -1.64. The molecule has 1 aliphatic rings. The molecular weight excluding hydrogens is 346 g/mol. The quantitative estimate of drug-likeness (QED) is 0.874. The summed E-state index contributed by atoms with van der Waals surface area (Å²) in [7, 11) is -3.90. The molecule has 1 heterocycles. The fraction of sp³-hybridized carbons (Fsp3) is 0.588. The molecule has 1 aromatic carbocycles. The van der Waals surface area contributed by atoms with Crippen molar-refractivity contribution in [2.24, 2.45) is 0 Å². The van der Waals surface area contributed by atoms with E-state index in [2.05, 4.69) is 5.32 Å². The zero-order chi connectivity index (χ0) is 18.9. The van der Waals surface area contributed by atoms with Crippen LogP contribution in [0.3, 0.4) is 0 Å². The van der Waals surface area contributed by atoms with Gasteiger partial charge in [0.25, 0.3) is 0 Å². The van der Waals surface area contributed by atoms with Gasteiger partial charge in [0.15, 0.2) is 11.2 Å². The predicted octanol–water partition coefficient (Wildman–Crippen LogP) is 2.46. The largest absolute Gasteiger partial charge is 0.444 e. The summed E-state index contributed by atoms with van der Waals surface area (Å²) in [5, 5.41) is 1.11. The lowest BCUT2D eigenvalue weighted by Gasteiger charge is -2.27. The van der Waals surface area contributed by atoms with Crippen LogP contribution in [-0.4, -0.2) is 44.0 Å². The summed E-state index contributed by atoms with van der Waals surface area (Å²) >= 11 is 0. The standard InChI is InChI=1S/C17H25NO6S/c1-16(2,3)24-15(19)18-14(13-11-22-17(4,5)23-13)25(20,21)12-9-7-6-8-10-12/h6-10,13-14H,11H2,1-5H3,(H,18,19). The van der Waals surface area contributed by atoms with Gasteiger partial charge in [-0.1, -0.05) is 18.2 Å². The van der Waals surface area contributed by atoms with Gasteiger partial charge >= 0.3 is 6.09 Å². The van der Waals surface area contributed by atoms with Gasteiger partial charge in [0.05, 0.1) is 11.5 Å². The Labute approximate surface area is 148 Å². The maximum Gasteiger partial charge on any atom is 0.408 e. The molecular formula is C17H25NO6S. The first kappa shape index (κ1) is 19.7. The minimum atomic E-state index is -3.90. The predicted molar refractivity (Wildman–Crippen MR) is 91.7 cm³/mol. The van der Waals surface area contributed by atoms with Crippen molar-refractivity contribution in [2.75, 3.05) is 6.61 Å². The van der Waals surface area contributed by atoms with Crippen molar-refractivity contribution in [3.8, 4) is 0 Å². The van der Waals surface area contributed by atoms with Crippen LogP contribution in [0.2, 0.25) is 0 Å². The highest BCUT2D eigenvalue weighted by Gasteiger charge is 2.45. The lowest BCUT2D eigenvalue weighted by atomic mass is 10.2. The van der Waals surface area contributed by atoms with Crippen LogP contribution in [-0.2, 0) is 24.0 Å². The Morgan fingerprint density at radius 2 is 1.88 bits per heavy atom. The SMILES string of the molecule is CC(C)(C)OC(=O)NC(C1COC(C)(C)O1)S(=O)(=O)c1ccccc1. The molecule has 0 radical (unpaired) electrons. The van der Waals surface area contributed by atoms with Crippen LogP contribution in [0.4, 0.5) is 4.79 Å². The van der Waals surface area contributed by atoms with E-state index in [1.807, 2.05) is 0 Å². The monoisotopic (exact) mass is 371 g/mol. The number of nitrogens with one attached hydrogen (secondary N) is 1. The van der Waals surface area contributed by atoms with E-state index in [9.17, 15) is 13.2 Å². The number of hydrogen-bond donors (Lipinski definition) is 1. The lowest BCUT2D eigenvalue weighted by Crippen LogP contribution is -2.51. The summed E-state index contributed by atoms with van der Waals surface area (Å²) < 4.78 is 42.4. The molecule has 140 valence electrons. The van der Waals surface area contributed by atoms with Crippen molar-refractivity contribution in [3.63, 3.8) is 0 Å². The molecule has 0 aliphatic carbocycles. The maximum atomic E-state index is 13.0. The number of amides is 1. The first-order valence-electron chi connectivity index (χ1n) is 8.01. The Bertz CT molecular complexity index is 708. The van der Waals surface area contributed by atoms with Crippen LogP contribution in [0.1, 0.15) is 34.6 Å². The van der Waals surface area contributed by atoms with Crippen LogP contribution in [0.15, 0.2) is 35.2 Å². The molecule has 0 bridgehead atoms. The molecule has 1 fully saturated rings. The van der Waals surface area contributed by atoms with E-state index in [0.29, 0.717) is 0 Å². The summed E-state index contributed by atoms with van der Waals surface area (Å²) in [6.07, 6.45) is -1.68. The number of benzene rings is 1. The highest BCUT2D eigenvalue weighted by Crippen LogP contribution is 2.28. The highest BCUT2D eigenvalue weighted by atomic mass is 32.2. The Balaban J connectivity index is 2.31. The van der Waals surface area contributed by atoms with Gasteiger partial charge in [-0.25, -0.2) is 13.2 Å². The van der Waals surface area contributed by atoms with Gasteiger partial charge < -0.3 is 19.5 Å². The van der Waals surface area contributed by atoms with Gasteiger partial charge in [0.1, 0.15) is 11.7 Å². The smallest absolute Gasteiger partial charge is 0.408 e. The summed E-state index contributed by atoms with van der Waals surface area (Å²) in [5.74, 6) is -0.926. The normalized spacial score (nSPS) is 21.6. The molecule has 8 heteroatoms. The van der Waals surface area contributed by atoms with Crippen molar-refractivity contribution >= 4 is 15.9 Å². The summed E-state index contributed by atoms with van der Waals surface area (Å²) in [6.45, 7) is 8.52. The van der Waals surface area contributed by atoms with Crippen LogP contribution >= 0.6 is 0 Å². The van der Waals surface area contributed by atoms with Gasteiger partial charge in [0, 0.05) is 0 Å². The molecule has 0 spiro atoms. The van der Waals surface area contributed by atoms with Crippen molar-refractivity contribution in [3.05, 3.63) is 30.3 Å². The second-order valence-electron chi connectivity index (χ2n) is 7.29. The van der Waals surface area contributed by atoms with Crippen LogP contribution < -0.4 is 5.32 Å². The van der Waals surface area contributed by atoms with Gasteiger partial charge in [-0.15, -0.1) is 0 Å². The van der Waals surface area contributed by atoms with Crippen molar-refractivity contribution < 1.29 is 27.4 Å².